The number of hydrogen-bond acceptors (Lipinski definition) is 1. The molecule has 0 bridgehead atoms. The number of carbonyl (C=O) groups excluding carboxylic acids is 1. The van der Waals surface area contributed by atoms with Crippen molar-refractivity contribution in [1.29, 1.82) is 0 Å². The third-order valence-electron chi connectivity index (χ3n) is 1.99. The summed E-state index contributed by atoms with van der Waals surface area (Å²) in [4.78, 5) is 14.7. The molecule has 14 heavy (non-hydrogen) atoms. The number of aromatic nitrogens is 1. The first kappa shape index (κ1) is 8.63. The van der Waals surface area contributed by atoms with Crippen LogP contribution in [0.1, 0.15) is 16.1 Å². The standard InChI is InChI=1S/C12H9NO/c14-12(10-6-2-1-3-7-10)11-8-4-5-9-13-11/h1-9H/p+1. The molecule has 1 N–H and O–H groups in total. The Morgan fingerprint density at radius 3 is 2.29 bits per heavy atom. The second-order valence-electron chi connectivity index (χ2n) is 2.97. The number of carbonyl (C=O) groups is 1. The summed E-state index contributed by atoms with van der Waals surface area (Å²) in [6, 6.07) is 14.7. The van der Waals surface area contributed by atoms with E-state index in [2.05, 4.69) is 4.98 Å². The van der Waals surface area contributed by atoms with Gasteiger partial charge in [-0.05, 0) is 6.07 Å². The highest BCUT2D eigenvalue weighted by atomic mass is 16.1. The zero-order chi connectivity index (χ0) is 9.80. The lowest BCUT2D eigenvalue weighted by Crippen LogP contribution is -2.16. The number of pyridine rings is 1. The fraction of sp³-hybridized carbons (Fsp3) is 0. The molecule has 0 saturated carbocycles. The number of benzene rings is 1. The maximum absolute atomic E-state index is 11.8. The Labute approximate surface area is 82.2 Å². The van der Waals surface area contributed by atoms with Gasteiger partial charge >= 0.3 is 0 Å². The third kappa shape index (κ3) is 1.69. The van der Waals surface area contributed by atoms with Crippen LogP contribution in [-0.4, -0.2) is 5.78 Å². The van der Waals surface area contributed by atoms with Gasteiger partial charge in [0, 0.05) is 17.7 Å². The SMILES string of the molecule is O=C(c1ccccc1)c1cccc[nH+]1. The molecule has 1 aromatic carbocycles. The Bertz CT molecular complexity index is 381. The largest absolute Gasteiger partial charge is 0.282 e. The molecule has 2 rings (SSSR count). The average molecular weight is 184 g/mol. The van der Waals surface area contributed by atoms with Crippen LogP contribution in [0.25, 0.3) is 0 Å². The van der Waals surface area contributed by atoms with E-state index in [-0.39, 0.29) is 5.78 Å². The molecule has 0 aliphatic rings. The van der Waals surface area contributed by atoms with E-state index >= 15 is 0 Å². The van der Waals surface area contributed by atoms with Crippen molar-refractivity contribution < 1.29 is 9.78 Å². The van der Waals surface area contributed by atoms with E-state index < -0.39 is 0 Å². The Morgan fingerprint density at radius 1 is 0.929 bits per heavy atom. The van der Waals surface area contributed by atoms with Gasteiger partial charge in [0.2, 0.25) is 0 Å². The highest BCUT2D eigenvalue weighted by Gasteiger charge is 2.13. The molecule has 0 amide bonds. The van der Waals surface area contributed by atoms with Crippen LogP contribution in [0.15, 0.2) is 54.7 Å². The van der Waals surface area contributed by atoms with Crippen molar-refractivity contribution in [3.8, 4) is 0 Å². The maximum Gasteiger partial charge on any atom is 0.256 e. The first-order valence-corrected chi connectivity index (χ1v) is 4.44. The van der Waals surface area contributed by atoms with Gasteiger partial charge < -0.3 is 0 Å². The minimum Gasteiger partial charge on any atom is -0.282 e. The fourth-order valence-electron chi connectivity index (χ4n) is 1.28. The minimum atomic E-state index is 0.0196. The topological polar surface area (TPSA) is 31.2 Å². The number of H-pyrrole nitrogens is 1. The van der Waals surface area contributed by atoms with Crippen LogP contribution in [0.4, 0.5) is 0 Å². The molecule has 0 radical (unpaired) electrons. The zero-order valence-corrected chi connectivity index (χ0v) is 7.60. The number of aromatic amines is 1. The van der Waals surface area contributed by atoms with Crippen molar-refractivity contribution >= 4 is 5.78 Å². The van der Waals surface area contributed by atoms with E-state index in [1.54, 1.807) is 12.3 Å². The van der Waals surface area contributed by atoms with Gasteiger partial charge in [-0.2, -0.15) is 0 Å². The van der Waals surface area contributed by atoms with Crippen LogP contribution in [0.5, 0.6) is 0 Å². The normalized spacial score (nSPS) is 9.71. The molecule has 0 aliphatic heterocycles. The second kappa shape index (κ2) is 3.83. The fourth-order valence-corrected chi connectivity index (χ4v) is 1.28. The molecule has 2 nitrogen and oxygen atoms in total. The summed E-state index contributed by atoms with van der Waals surface area (Å²) in [7, 11) is 0. The molecule has 0 unspecified atom stereocenters. The summed E-state index contributed by atoms with van der Waals surface area (Å²) in [6.45, 7) is 0. The molecule has 0 aliphatic carbocycles. The molecule has 0 atom stereocenters. The van der Waals surface area contributed by atoms with Crippen LogP contribution in [0.2, 0.25) is 0 Å². The second-order valence-corrected chi connectivity index (χ2v) is 2.97. The van der Waals surface area contributed by atoms with Gasteiger partial charge in [0.05, 0.1) is 0 Å². The van der Waals surface area contributed by atoms with Gasteiger partial charge in [0.1, 0.15) is 0 Å². The zero-order valence-electron chi connectivity index (χ0n) is 7.60. The molecule has 0 saturated heterocycles. The van der Waals surface area contributed by atoms with Gasteiger partial charge in [-0.3, -0.25) is 4.79 Å². The molecule has 2 heteroatoms. The lowest BCUT2D eigenvalue weighted by Gasteiger charge is -1.94. The highest BCUT2D eigenvalue weighted by Crippen LogP contribution is 2.04. The van der Waals surface area contributed by atoms with E-state index in [4.69, 9.17) is 0 Å². The number of rotatable bonds is 2. The van der Waals surface area contributed by atoms with Crippen molar-refractivity contribution in [1.82, 2.24) is 0 Å². The van der Waals surface area contributed by atoms with Crippen LogP contribution in [-0.2, 0) is 0 Å². The predicted octanol–water partition coefficient (Wildman–Crippen LogP) is 1.73. The highest BCUT2D eigenvalue weighted by molar-refractivity contribution is 6.06. The van der Waals surface area contributed by atoms with E-state index in [1.165, 1.54) is 0 Å². The first-order chi connectivity index (χ1) is 6.88. The molecule has 1 aromatic heterocycles. The lowest BCUT2D eigenvalue weighted by molar-refractivity contribution is -0.381. The van der Waals surface area contributed by atoms with Crippen LogP contribution in [0, 0.1) is 0 Å². The lowest BCUT2D eigenvalue weighted by atomic mass is 10.1. The van der Waals surface area contributed by atoms with Gasteiger partial charge in [0.15, 0.2) is 6.20 Å². The summed E-state index contributed by atoms with van der Waals surface area (Å²) < 4.78 is 0. The Hall–Kier alpha value is -1.96. The average Bonchev–Trinajstić information content (AvgIpc) is 2.30. The van der Waals surface area contributed by atoms with Crippen molar-refractivity contribution in [3.63, 3.8) is 0 Å². The Kier molecular flexibility index (Phi) is 2.36. The van der Waals surface area contributed by atoms with E-state index in [0.717, 1.165) is 0 Å². The quantitative estimate of drug-likeness (QED) is 0.654. The first-order valence-electron chi connectivity index (χ1n) is 4.44. The molecular weight excluding hydrogens is 174 g/mol. The predicted molar refractivity (Wildman–Crippen MR) is 52.9 cm³/mol. The molecule has 1 heterocycles. The molecule has 2 aromatic rings. The number of ketones is 1. The summed E-state index contributed by atoms with van der Waals surface area (Å²) in [5.74, 6) is 0.0196. The monoisotopic (exact) mass is 184 g/mol. The Balaban J connectivity index is 2.35. The van der Waals surface area contributed by atoms with Crippen molar-refractivity contribution in [3.05, 3.63) is 66.0 Å². The van der Waals surface area contributed by atoms with Gasteiger partial charge in [-0.15, -0.1) is 0 Å². The van der Waals surface area contributed by atoms with Crippen LogP contribution in [0.3, 0.4) is 0 Å². The van der Waals surface area contributed by atoms with Crippen molar-refractivity contribution in [2.75, 3.05) is 0 Å². The third-order valence-corrected chi connectivity index (χ3v) is 1.99. The van der Waals surface area contributed by atoms with Crippen molar-refractivity contribution in [2.24, 2.45) is 0 Å². The summed E-state index contributed by atoms with van der Waals surface area (Å²) in [6.07, 6.45) is 1.75. The summed E-state index contributed by atoms with van der Waals surface area (Å²) >= 11 is 0. The number of nitrogens with one attached hydrogen (secondary N) is 1. The van der Waals surface area contributed by atoms with Gasteiger partial charge in [0.25, 0.3) is 11.5 Å². The molecule has 68 valence electrons. The van der Waals surface area contributed by atoms with Crippen molar-refractivity contribution in [2.45, 2.75) is 0 Å². The van der Waals surface area contributed by atoms with E-state index in [9.17, 15) is 4.79 Å². The van der Waals surface area contributed by atoms with Gasteiger partial charge in [-0.25, -0.2) is 4.98 Å². The molecule has 0 fully saturated rings. The van der Waals surface area contributed by atoms with Gasteiger partial charge in [-0.1, -0.05) is 30.3 Å². The molecule has 0 spiro atoms. The van der Waals surface area contributed by atoms with Crippen LogP contribution < -0.4 is 4.98 Å². The maximum atomic E-state index is 11.8. The summed E-state index contributed by atoms with van der Waals surface area (Å²) in [5, 5.41) is 0. The smallest absolute Gasteiger partial charge is 0.256 e. The van der Waals surface area contributed by atoms with Crippen LogP contribution >= 0.6 is 0 Å². The summed E-state index contributed by atoms with van der Waals surface area (Å²) in [5.41, 5.74) is 1.31. The Morgan fingerprint density at radius 2 is 1.64 bits per heavy atom. The number of hydrogen-bond donors (Lipinski definition) is 0. The van der Waals surface area contributed by atoms with E-state index in [0.29, 0.717) is 11.3 Å². The molecular formula is C12H10NO+. The van der Waals surface area contributed by atoms with E-state index in [1.807, 2.05) is 42.5 Å². The minimum absolute atomic E-state index is 0.0196.